The Morgan fingerprint density at radius 2 is 2.04 bits per heavy atom. The van der Waals surface area contributed by atoms with Gasteiger partial charge in [0, 0.05) is 12.1 Å². The molecule has 4 rings (SSSR count). The van der Waals surface area contributed by atoms with Gasteiger partial charge in [0.25, 0.3) is 5.89 Å². The molecule has 0 aliphatic carbocycles. The standard InChI is InChI=1S/C16H12FN5O/c1-2-22-14-8-7-10(9-13(14)19-21-22)15-18-16(23-20-15)11-5-3-4-6-12(11)17/h3-9H,2H2,1H3. The van der Waals surface area contributed by atoms with Gasteiger partial charge in [0.1, 0.15) is 11.3 Å². The van der Waals surface area contributed by atoms with E-state index in [0.717, 1.165) is 23.1 Å². The third-order valence-electron chi connectivity index (χ3n) is 3.60. The van der Waals surface area contributed by atoms with Crippen molar-refractivity contribution in [2.24, 2.45) is 0 Å². The fraction of sp³-hybridized carbons (Fsp3) is 0.125. The quantitative estimate of drug-likeness (QED) is 0.580. The molecule has 2 aromatic carbocycles. The molecule has 23 heavy (non-hydrogen) atoms. The average Bonchev–Trinajstić information content (AvgIpc) is 3.21. The van der Waals surface area contributed by atoms with Gasteiger partial charge in [-0.1, -0.05) is 22.5 Å². The van der Waals surface area contributed by atoms with Crippen LogP contribution in [0.15, 0.2) is 47.0 Å². The van der Waals surface area contributed by atoms with E-state index in [1.807, 2.05) is 25.1 Å². The van der Waals surface area contributed by atoms with Crippen LogP contribution < -0.4 is 0 Å². The van der Waals surface area contributed by atoms with Crippen molar-refractivity contribution in [3.05, 3.63) is 48.3 Å². The van der Waals surface area contributed by atoms with Gasteiger partial charge in [-0.15, -0.1) is 5.10 Å². The second-order valence-corrected chi connectivity index (χ2v) is 5.01. The summed E-state index contributed by atoms with van der Waals surface area (Å²) in [7, 11) is 0. The second kappa shape index (κ2) is 5.28. The Morgan fingerprint density at radius 3 is 2.87 bits per heavy atom. The molecule has 4 aromatic rings. The molecule has 0 spiro atoms. The van der Waals surface area contributed by atoms with Crippen LogP contribution in [0.2, 0.25) is 0 Å². The summed E-state index contributed by atoms with van der Waals surface area (Å²) < 4.78 is 20.8. The van der Waals surface area contributed by atoms with Gasteiger partial charge in [-0.2, -0.15) is 4.98 Å². The molecule has 0 amide bonds. The van der Waals surface area contributed by atoms with Crippen LogP contribution in [0, 0.1) is 5.82 Å². The van der Waals surface area contributed by atoms with Crippen LogP contribution in [0.3, 0.4) is 0 Å². The topological polar surface area (TPSA) is 69.6 Å². The van der Waals surface area contributed by atoms with E-state index in [9.17, 15) is 4.39 Å². The number of fused-ring (bicyclic) bond motifs is 1. The summed E-state index contributed by atoms with van der Waals surface area (Å²) in [6, 6.07) is 11.9. The first-order chi connectivity index (χ1) is 11.3. The van der Waals surface area contributed by atoms with E-state index in [2.05, 4.69) is 20.5 Å². The minimum Gasteiger partial charge on any atom is -0.334 e. The largest absolute Gasteiger partial charge is 0.334 e. The summed E-state index contributed by atoms with van der Waals surface area (Å²) in [5.74, 6) is 0.135. The van der Waals surface area contributed by atoms with Crippen LogP contribution in [-0.4, -0.2) is 25.1 Å². The Hall–Kier alpha value is -3.09. The molecular weight excluding hydrogens is 297 g/mol. The smallest absolute Gasteiger partial charge is 0.261 e. The SMILES string of the molecule is CCn1nnc2cc(-c3noc(-c4ccccc4F)n3)ccc21. The fourth-order valence-corrected chi connectivity index (χ4v) is 2.43. The minimum absolute atomic E-state index is 0.149. The number of aryl methyl sites for hydroxylation is 1. The minimum atomic E-state index is -0.399. The molecule has 0 saturated carbocycles. The molecule has 2 heterocycles. The Balaban J connectivity index is 1.76. The van der Waals surface area contributed by atoms with Crippen LogP contribution in [0.1, 0.15) is 6.92 Å². The van der Waals surface area contributed by atoms with E-state index in [-0.39, 0.29) is 11.5 Å². The van der Waals surface area contributed by atoms with Crippen molar-refractivity contribution >= 4 is 11.0 Å². The number of halogens is 1. The number of hydrogen-bond acceptors (Lipinski definition) is 5. The number of nitrogens with zero attached hydrogens (tertiary/aromatic N) is 5. The molecule has 0 saturated heterocycles. The van der Waals surface area contributed by atoms with E-state index in [1.165, 1.54) is 6.07 Å². The Bertz CT molecular complexity index is 991. The zero-order chi connectivity index (χ0) is 15.8. The maximum Gasteiger partial charge on any atom is 0.261 e. The Morgan fingerprint density at radius 1 is 1.17 bits per heavy atom. The molecule has 6 nitrogen and oxygen atoms in total. The van der Waals surface area contributed by atoms with Gasteiger partial charge in [0.05, 0.1) is 11.1 Å². The van der Waals surface area contributed by atoms with Gasteiger partial charge in [0.2, 0.25) is 5.82 Å². The molecule has 2 aromatic heterocycles. The van der Waals surface area contributed by atoms with Crippen molar-refractivity contribution in [1.29, 1.82) is 0 Å². The number of hydrogen-bond donors (Lipinski definition) is 0. The maximum atomic E-state index is 13.8. The lowest BCUT2D eigenvalue weighted by atomic mass is 10.2. The maximum absolute atomic E-state index is 13.8. The zero-order valence-electron chi connectivity index (χ0n) is 12.3. The van der Waals surface area contributed by atoms with Crippen LogP contribution in [0.25, 0.3) is 33.9 Å². The van der Waals surface area contributed by atoms with Gasteiger partial charge >= 0.3 is 0 Å². The first-order valence-corrected chi connectivity index (χ1v) is 7.18. The van der Waals surface area contributed by atoms with Gasteiger partial charge in [-0.25, -0.2) is 9.07 Å². The molecule has 0 atom stereocenters. The highest BCUT2D eigenvalue weighted by atomic mass is 19.1. The van der Waals surface area contributed by atoms with Crippen LogP contribution >= 0.6 is 0 Å². The van der Waals surface area contributed by atoms with Gasteiger partial charge < -0.3 is 4.52 Å². The van der Waals surface area contributed by atoms with Crippen molar-refractivity contribution in [2.45, 2.75) is 13.5 Å². The normalized spacial score (nSPS) is 11.2. The molecule has 0 aliphatic rings. The van der Waals surface area contributed by atoms with Crippen molar-refractivity contribution in [3.8, 4) is 22.8 Å². The molecule has 0 aliphatic heterocycles. The molecule has 0 fully saturated rings. The van der Waals surface area contributed by atoms with E-state index in [1.54, 1.807) is 22.9 Å². The molecular formula is C16H12FN5O. The third-order valence-corrected chi connectivity index (χ3v) is 3.60. The molecule has 0 unspecified atom stereocenters. The van der Waals surface area contributed by atoms with Crippen molar-refractivity contribution in [3.63, 3.8) is 0 Å². The summed E-state index contributed by atoms with van der Waals surface area (Å²) in [4.78, 5) is 4.27. The molecule has 0 N–H and O–H groups in total. The number of aromatic nitrogens is 5. The highest BCUT2D eigenvalue weighted by Crippen LogP contribution is 2.25. The lowest BCUT2D eigenvalue weighted by Crippen LogP contribution is -1.95. The highest BCUT2D eigenvalue weighted by Gasteiger charge is 2.15. The van der Waals surface area contributed by atoms with Gasteiger partial charge in [-0.05, 0) is 37.3 Å². The lowest BCUT2D eigenvalue weighted by molar-refractivity contribution is 0.429. The third kappa shape index (κ3) is 2.26. The van der Waals surface area contributed by atoms with Crippen molar-refractivity contribution in [1.82, 2.24) is 25.1 Å². The molecule has 7 heteroatoms. The monoisotopic (exact) mass is 309 g/mol. The Kier molecular flexibility index (Phi) is 3.11. The van der Waals surface area contributed by atoms with E-state index in [0.29, 0.717) is 5.82 Å². The van der Waals surface area contributed by atoms with Crippen molar-refractivity contribution < 1.29 is 8.91 Å². The fourth-order valence-electron chi connectivity index (χ4n) is 2.43. The first kappa shape index (κ1) is 13.6. The summed E-state index contributed by atoms with van der Waals surface area (Å²) in [5.41, 5.74) is 2.71. The average molecular weight is 309 g/mol. The molecule has 0 radical (unpaired) electrons. The van der Waals surface area contributed by atoms with Gasteiger partial charge in [0.15, 0.2) is 0 Å². The molecule has 114 valence electrons. The number of rotatable bonds is 3. The number of benzene rings is 2. The molecule has 0 bridgehead atoms. The second-order valence-electron chi connectivity index (χ2n) is 5.01. The van der Waals surface area contributed by atoms with E-state index < -0.39 is 5.82 Å². The lowest BCUT2D eigenvalue weighted by Gasteiger charge is -1.97. The Labute approximate surface area is 130 Å². The van der Waals surface area contributed by atoms with Crippen LogP contribution in [0.4, 0.5) is 4.39 Å². The van der Waals surface area contributed by atoms with Crippen LogP contribution in [-0.2, 0) is 6.54 Å². The predicted molar refractivity (Wildman–Crippen MR) is 81.9 cm³/mol. The summed E-state index contributed by atoms with van der Waals surface area (Å²) in [5, 5.41) is 12.1. The summed E-state index contributed by atoms with van der Waals surface area (Å²) >= 11 is 0. The van der Waals surface area contributed by atoms with Crippen LogP contribution in [0.5, 0.6) is 0 Å². The predicted octanol–water partition coefficient (Wildman–Crippen LogP) is 3.31. The van der Waals surface area contributed by atoms with Crippen molar-refractivity contribution in [2.75, 3.05) is 0 Å². The van der Waals surface area contributed by atoms with Gasteiger partial charge in [-0.3, -0.25) is 0 Å². The van der Waals surface area contributed by atoms with E-state index >= 15 is 0 Å². The first-order valence-electron chi connectivity index (χ1n) is 7.18. The zero-order valence-corrected chi connectivity index (χ0v) is 12.3. The summed E-state index contributed by atoms with van der Waals surface area (Å²) in [6.07, 6.45) is 0. The summed E-state index contributed by atoms with van der Waals surface area (Å²) in [6.45, 7) is 2.75. The highest BCUT2D eigenvalue weighted by molar-refractivity contribution is 5.80. The van der Waals surface area contributed by atoms with E-state index in [4.69, 9.17) is 4.52 Å².